The van der Waals surface area contributed by atoms with Gasteiger partial charge in [0, 0.05) is 12.8 Å². The Morgan fingerprint density at radius 3 is 2.72 bits per heavy atom. The van der Waals surface area contributed by atoms with Gasteiger partial charge in [-0.15, -0.1) is 5.52 Å². The Hall–Kier alpha value is -0.276. The van der Waals surface area contributed by atoms with Gasteiger partial charge in [-0.1, -0.05) is 38.1 Å². The molecule has 0 saturated carbocycles. The van der Waals surface area contributed by atoms with Crippen LogP contribution in [0.5, 0.6) is 0 Å². The first-order valence-corrected chi connectivity index (χ1v) is 9.95. The van der Waals surface area contributed by atoms with Gasteiger partial charge in [-0.3, -0.25) is 4.99 Å². The van der Waals surface area contributed by atoms with E-state index < -0.39 is 17.0 Å². The summed E-state index contributed by atoms with van der Waals surface area (Å²) < 4.78 is 0. The second-order valence-electron chi connectivity index (χ2n) is 4.19. The molecule has 2 aromatic rings. The molecule has 0 bridgehead atoms. The van der Waals surface area contributed by atoms with Gasteiger partial charge in [0.15, 0.2) is 0 Å². The quantitative estimate of drug-likeness (QED) is 0.614. The summed E-state index contributed by atoms with van der Waals surface area (Å²) in [6.45, 7) is 5.20. The fourth-order valence-corrected chi connectivity index (χ4v) is 1.52. The first kappa shape index (κ1) is 15.8. The summed E-state index contributed by atoms with van der Waals surface area (Å²) in [7, 11) is 9.78. The molecule has 0 saturated heterocycles. The van der Waals surface area contributed by atoms with Gasteiger partial charge in [0.25, 0.3) is 0 Å². The Morgan fingerprint density at radius 2 is 2.06 bits per heavy atom. The van der Waals surface area contributed by atoms with Crippen LogP contribution in [0.1, 0.15) is 19.4 Å². The van der Waals surface area contributed by atoms with Crippen LogP contribution in [-0.2, 0) is 17.0 Å². The van der Waals surface area contributed by atoms with Gasteiger partial charge in [-0.25, -0.2) is 0 Å². The van der Waals surface area contributed by atoms with E-state index in [0.29, 0.717) is 5.92 Å². The zero-order chi connectivity index (χ0) is 13.4. The average Bonchev–Trinajstić information content (AvgIpc) is 2.78. The van der Waals surface area contributed by atoms with E-state index in [1.54, 1.807) is 0 Å². The second-order valence-corrected chi connectivity index (χ2v) is 6.77. The van der Waals surface area contributed by atoms with E-state index in [0.717, 1.165) is 17.6 Å². The predicted molar refractivity (Wildman–Crippen MR) is 76.3 cm³/mol. The van der Waals surface area contributed by atoms with E-state index in [4.69, 9.17) is 18.6 Å². The molecule has 5 heteroatoms. The van der Waals surface area contributed by atoms with Crippen LogP contribution in [0.3, 0.4) is 0 Å². The van der Waals surface area contributed by atoms with Gasteiger partial charge >= 0.3 is 35.6 Å². The molecule has 0 unspecified atom stereocenters. The normalized spacial score (nSPS) is 10.7. The van der Waals surface area contributed by atoms with Gasteiger partial charge in [0.2, 0.25) is 0 Å². The Kier molecular flexibility index (Phi) is 7.68. The van der Waals surface area contributed by atoms with Crippen molar-refractivity contribution >= 4 is 35.7 Å². The predicted octanol–water partition coefficient (Wildman–Crippen LogP) is 4.25. The molecule has 1 heterocycles. The zero-order valence-electron chi connectivity index (χ0n) is 10.4. The van der Waals surface area contributed by atoms with Gasteiger partial charge in [-0.2, -0.15) is 6.20 Å². The minimum absolute atomic E-state index is 0.556. The number of hydrogen-bond acceptors (Lipinski definition) is 1. The molecule has 2 nitrogen and oxygen atoms in total. The Morgan fingerprint density at radius 1 is 1.33 bits per heavy atom. The second kappa shape index (κ2) is 8.76. The topological polar surface area (TPSA) is 26.5 Å². The monoisotopic (exact) mass is 317 g/mol. The number of aliphatic imine (C=N–C) groups is 1. The molecule has 0 aliphatic rings. The molecule has 0 atom stereocenters. The van der Waals surface area contributed by atoms with Crippen molar-refractivity contribution in [3.8, 4) is 0 Å². The molecule has 0 fully saturated rings. The third kappa shape index (κ3) is 5.15. The molecule has 0 amide bonds. The van der Waals surface area contributed by atoms with E-state index in [1.165, 1.54) is 5.39 Å². The molecule has 18 heavy (non-hydrogen) atoms. The molecule has 96 valence electrons. The van der Waals surface area contributed by atoms with Crippen LogP contribution in [0.2, 0.25) is 0 Å². The van der Waals surface area contributed by atoms with Crippen LogP contribution >= 0.6 is 18.6 Å². The van der Waals surface area contributed by atoms with Crippen LogP contribution in [0, 0.1) is 5.92 Å². The zero-order valence-corrected chi connectivity index (χ0v) is 13.5. The van der Waals surface area contributed by atoms with Crippen molar-refractivity contribution in [2.75, 3.05) is 6.54 Å². The van der Waals surface area contributed by atoms with E-state index in [2.05, 4.69) is 36.0 Å². The molecule has 0 aliphatic heterocycles. The molecule has 0 spiro atoms. The fraction of sp³-hybridized carbons (Fsp3) is 0.308. The molecule has 2 rings (SSSR count). The summed E-state index contributed by atoms with van der Waals surface area (Å²) in [5, 5.41) is 1.18. The summed E-state index contributed by atoms with van der Waals surface area (Å²) >= 11 is -0.556. The summed E-state index contributed by atoms with van der Waals surface area (Å²) in [6, 6.07) is 8.19. The molecular weight excluding hydrogens is 303 g/mol. The van der Waals surface area contributed by atoms with Crippen molar-refractivity contribution in [1.29, 1.82) is 0 Å². The van der Waals surface area contributed by atoms with Gasteiger partial charge in [-0.05, 0) is 16.9 Å². The van der Waals surface area contributed by atoms with Gasteiger partial charge in [0.05, 0.1) is 0 Å². The summed E-state index contributed by atoms with van der Waals surface area (Å²) in [5.41, 5.74) is 2.16. The average molecular weight is 318 g/mol. The van der Waals surface area contributed by atoms with Gasteiger partial charge in [0.1, 0.15) is 0 Å². The molecule has 0 radical (unpaired) electrons. The first-order valence-electron chi connectivity index (χ1n) is 5.65. The van der Waals surface area contributed by atoms with Crippen molar-refractivity contribution in [2.45, 2.75) is 13.8 Å². The summed E-state index contributed by atoms with van der Waals surface area (Å²) in [4.78, 5) is 8.73. The number of hydrogen-bond donors (Lipinski definition) is 0. The number of halogens is 2. The van der Waals surface area contributed by atoms with E-state index in [9.17, 15) is 0 Å². The number of aromatic nitrogens is 1. The van der Waals surface area contributed by atoms with Crippen LogP contribution in [0.25, 0.3) is 10.9 Å². The number of nitrogens with zero attached hydrogens (tertiary/aromatic N) is 2. The van der Waals surface area contributed by atoms with Crippen molar-refractivity contribution < 1.29 is 17.0 Å². The maximum atomic E-state index is 4.89. The standard InChI is InChI=1S/C13H15N2.2ClH.Ti/c1-10(2)8-14-9-12-5-3-4-11-6-7-15-13(11)12;;;/h3-7,9-10H,8H2,1-2H3;2*1H;/q-1;;;+2/p-2. The summed E-state index contributed by atoms with van der Waals surface area (Å²) in [5.74, 6) is 0.605. The van der Waals surface area contributed by atoms with Gasteiger partial charge < -0.3 is 4.98 Å². The summed E-state index contributed by atoms with van der Waals surface area (Å²) in [6.07, 6.45) is 3.76. The van der Waals surface area contributed by atoms with Crippen LogP contribution in [-0.4, -0.2) is 12.8 Å². The van der Waals surface area contributed by atoms with Crippen LogP contribution in [0.4, 0.5) is 0 Å². The van der Waals surface area contributed by atoms with Crippen molar-refractivity contribution in [1.82, 2.24) is 4.98 Å². The molecule has 1 aromatic carbocycles. The SMILES string of the molecule is CC(C)CN=Cc1cccc2cc[n-]c12.[Cl][Ti][Cl]. The van der Waals surface area contributed by atoms with Crippen LogP contribution < -0.4 is 4.98 Å². The van der Waals surface area contributed by atoms with E-state index in [-0.39, 0.29) is 0 Å². The fourth-order valence-electron chi connectivity index (χ4n) is 1.52. The van der Waals surface area contributed by atoms with E-state index >= 15 is 0 Å². The van der Waals surface area contributed by atoms with E-state index in [1.807, 2.05) is 24.5 Å². The number of para-hydroxylation sites is 1. The molecule has 0 aliphatic carbocycles. The third-order valence-electron chi connectivity index (χ3n) is 2.26. The molecule has 1 aromatic heterocycles. The Balaban J connectivity index is 0.000000492. The third-order valence-corrected chi connectivity index (χ3v) is 2.26. The van der Waals surface area contributed by atoms with Crippen molar-refractivity contribution in [3.63, 3.8) is 0 Å². The molecule has 0 N–H and O–H groups in total. The first-order chi connectivity index (χ1) is 8.69. The minimum atomic E-state index is -0.556. The maximum absolute atomic E-state index is 4.89. The number of rotatable bonds is 3. The van der Waals surface area contributed by atoms with Crippen LogP contribution in [0.15, 0.2) is 35.5 Å². The van der Waals surface area contributed by atoms with Crippen molar-refractivity contribution in [3.05, 3.63) is 36.0 Å². The Labute approximate surface area is 124 Å². The van der Waals surface area contributed by atoms with Crippen molar-refractivity contribution in [2.24, 2.45) is 10.9 Å². The molecular formula is C13H15Cl2N2Ti-. The number of benzene rings is 1. The number of fused-ring (bicyclic) bond motifs is 1. The Bertz CT molecular complexity index is 494.